The van der Waals surface area contributed by atoms with Crippen molar-refractivity contribution < 1.29 is 9.18 Å². The Labute approximate surface area is 226 Å². The Hall–Kier alpha value is -3.64. The molecule has 1 aliphatic carbocycles. The lowest BCUT2D eigenvalue weighted by Gasteiger charge is -2.35. The van der Waals surface area contributed by atoms with E-state index in [9.17, 15) is 9.18 Å². The van der Waals surface area contributed by atoms with Crippen molar-refractivity contribution in [2.45, 2.75) is 45.2 Å². The van der Waals surface area contributed by atoms with Crippen molar-refractivity contribution in [1.82, 2.24) is 9.47 Å². The molecule has 2 aliphatic rings. The number of thioether (sulfide) groups is 1. The summed E-state index contributed by atoms with van der Waals surface area (Å²) in [4.78, 5) is 21.5. The third kappa shape index (κ3) is 4.93. The maximum Gasteiger partial charge on any atom is 0.267 e. The molecule has 0 N–H and O–H groups in total. The van der Waals surface area contributed by atoms with E-state index in [1.54, 1.807) is 0 Å². The molecule has 1 saturated heterocycles. The van der Waals surface area contributed by atoms with Crippen LogP contribution in [-0.2, 0) is 11.3 Å². The highest BCUT2D eigenvalue weighted by Gasteiger charge is 2.41. The number of benzene rings is 3. The molecule has 192 valence electrons. The second-order valence-electron chi connectivity index (χ2n) is 10.2. The van der Waals surface area contributed by atoms with E-state index < -0.39 is 0 Å². The Morgan fingerprint density at radius 3 is 2.50 bits per heavy atom. The summed E-state index contributed by atoms with van der Waals surface area (Å²) >= 11 is 1.47. The van der Waals surface area contributed by atoms with Gasteiger partial charge in [0.15, 0.2) is 5.17 Å². The average Bonchev–Trinajstić information content (AvgIpc) is 3.43. The zero-order valence-corrected chi connectivity index (χ0v) is 22.2. The summed E-state index contributed by atoms with van der Waals surface area (Å²) in [5.41, 5.74) is 3.95. The molecule has 0 bridgehead atoms. The van der Waals surface area contributed by atoms with Crippen molar-refractivity contribution in [3.8, 4) is 0 Å². The molecule has 1 aromatic heterocycles. The summed E-state index contributed by atoms with van der Waals surface area (Å²) in [5, 5.41) is 1.85. The molecular weight excluding hydrogens is 493 g/mol. The molecular formula is C32H30FN3OS. The summed E-state index contributed by atoms with van der Waals surface area (Å²) in [6, 6.07) is 24.9. The van der Waals surface area contributed by atoms with Crippen LogP contribution in [0.1, 0.15) is 43.7 Å². The van der Waals surface area contributed by atoms with Crippen molar-refractivity contribution in [3.05, 3.63) is 107 Å². The first-order valence-corrected chi connectivity index (χ1v) is 14.1. The summed E-state index contributed by atoms with van der Waals surface area (Å²) < 4.78 is 15.6. The predicted molar refractivity (Wildman–Crippen MR) is 155 cm³/mol. The van der Waals surface area contributed by atoms with Crippen LogP contribution in [0.4, 0.5) is 10.1 Å². The van der Waals surface area contributed by atoms with Crippen LogP contribution in [0, 0.1) is 11.7 Å². The predicted octanol–water partition coefficient (Wildman–Crippen LogP) is 8.01. The number of halogens is 1. The van der Waals surface area contributed by atoms with Crippen LogP contribution in [0.2, 0.25) is 0 Å². The maximum absolute atomic E-state index is 13.9. The fourth-order valence-corrected chi connectivity index (χ4v) is 6.64. The largest absolute Gasteiger partial charge is 0.342 e. The number of carbonyl (C=O) groups is 1. The van der Waals surface area contributed by atoms with Crippen LogP contribution in [0.15, 0.2) is 95.0 Å². The standard InChI is InChI=1S/C32H30FN3OS/c1-22-9-5-7-13-28(22)36-31(37)30(38-32(36)34-26-10-3-2-4-11-26)19-24-21-35(29-14-8-6-12-27(24)29)20-23-15-17-25(33)18-16-23/h2-4,6,8,10-12,14-19,21-22,28H,5,7,9,13,20H2,1H3/b30-19-,34-32?/t22-,28-/m1/s1. The quantitative estimate of drug-likeness (QED) is 0.249. The van der Waals surface area contributed by atoms with Gasteiger partial charge in [0.2, 0.25) is 0 Å². The van der Waals surface area contributed by atoms with Gasteiger partial charge in [-0.1, -0.05) is 68.3 Å². The number of amides is 1. The molecule has 2 atom stereocenters. The number of nitrogens with zero attached hydrogens (tertiary/aromatic N) is 3. The number of hydrogen-bond donors (Lipinski definition) is 0. The van der Waals surface area contributed by atoms with Crippen LogP contribution in [0.5, 0.6) is 0 Å². The van der Waals surface area contributed by atoms with Gasteiger partial charge >= 0.3 is 0 Å². The molecule has 2 fully saturated rings. The van der Waals surface area contributed by atoms with Crippen LogP contribution in [0.3, 0.4) is 0 Å². The SMILES string of the molecule is C[C@@H]1CCCC[C@H]1N1C(=O)/C(=C/c2cn(Cc3ccc(F)cc3)c3ccccc23)SC1=Nc1ccccc1. The van der Waals surface area contributed by atoms with Gasteiger partial charge in [-0.05, 0) is 72.5 Å². The van der Waals surface area contributed by atoms with Gasteiger partial charge in [-0.2, -0.15) is 0 Å². The van der Waals surface area contributed by atoms with Crippen LogP contribution >= 0.6 is 11.8 Å². The smallest absolute Gasteiger partial charge is 0.267 e. The van der Waals surface area contributed by atoms with Crippen LogP contribution in [0.25, 0.3) is 17.0 Å². The van der Waals surface area contributed by atoms with Crippen molar-refractivity contribution in [2.24, 2.45) is 10.9 Å². The molecule has 4 nitrogen and oxygen atoms in total. The molecule has 2 heterocycles. The zero-order chi connectivity index (χ0) is 26.1. The number of fused-ring (bicyclic) bond motifs is 1. The summed E-state index contributed by atoms with van der Waals surface area (Å²) in [6.45, 7) is 2.88. The van der Waals surface area contributed by atoms with E-state index in [0.717, 1.165) is 52.1 Å². The minimum atomic E-state index is -0.238. The third-order valence-electron chi connectivity index (χ3n) is 7.59. The van der Waals surface area contributed by atoms with Crippen molar-refractivity contribution in [2.75, 3.05) is 0 Å². The first kappa shape index (κ1) is 24.7. The molecule has 1 amide bonds. The van der Waals surface area contributed by atoms with Crippen molar-refractivity contribution >= 4 is 45.5 Å². The minimum Gasteiger partial charge on any atom is -0.342 e. The van der Waals surface area contributed by atoms with Crippen molar-refractivity contribution in [1.29, 1.82) is 0 Å². The number of rotatable bonds is 5. The second-order valence-corrected chi connectivity index (χ2v) is 11.2. The number of aliphatic imine (C=N–C) groups is 1. The lowest BCUT2D eigenvalue weighted by atomic mass is 9.85. The van der Waals surface area contributed by atoms with Gasteiger partial charge in [-0.15, -0.1) is 0 Å². The van der Waals surface area contributed by atoms with Gasteiger partial charge in [0, 0.05) is 35.2 Å². The molecule has 4 aromatic rings. The molecule has 6 heteroatoms. The van der Waals surface area contributed by atoms with Gasteiger partial charge in [0.05, 0.1) is 10.6 Å². The molecule has 0 unspecified atom stereocenters. The first-order valence-electron chi connectivity index (χ1n) is 13.3. The maximum atomic E-state index is 13.9. The number of carbonyl (C=O) groups excluding carboxylic acids is 1. The highest BCUT2D eigenvalue weighted by Crippen LogP contribution is 2.40. The van der Waals surface area contributed by atoms with Gasteiger partial charge in [0.1, 0.15) is 5.82 Å². The molecule has 1 saturated carbocycles. The van der Waals surface area contributed by atoms with E-state index in [1.165, 1.54) is 30.3 Å². The van der Waals surface area contributed by atoms with Gasteiger partial charge < -0.3 is 4.57 Å². The summed E-state index contributed by atoms with van der Waals surface area (Å²) in [7, 11) is 0. The van der Waals surface area contributed by atoms with Gasteiger partial charge in [-0.25, -0.2) is 9.38 Å². The van der Waals surface area contributed by atoms with Crippen LogP contribution < -0.4 is 0 Å². The number of aromatic nitrogens is 1. The third-order valence-corrected chi connectivity index (χ3v) is 8.57. The first-order chi connectivity index (χ1) is 18.6. The van der Waals surface area contributed by atoms with E-state index >= 15 is 0 Å². The highest BCUT2D eigenvalue weighted by molar-refractivity contribution is 8.18. The zero-order valence-electron chi connectivity index (χ0n) is 21.4. The van der Waals surface area contributed by atoms with E-state index in [0.29, 0.717) is 17.4 Å². The Balaban J connectivity index is 1.39. The topological polar surface area (TPSA) is 37.6 Å². The summed E-state index contributed by atoms with van der Waals surface area (Å²) in [5.74, 6) is 0.239. The Morgan fingerprint density at radius 2 is 1.71 bits per heavy atom. The van der Waals surface area contributed by atoms with E-state index in [2.05, 4.69) is 29.8 Å². The van der Waals surface area contributed by atoms with Crippen molar-refractivity contribution in [3.63, 3.8) is 0 Å². The Kier molecular flexibility index (Phi) is 6.90. The number of amidine groups is 1. The molecule has 1 aliphatic heterocycles. The fourth-order valence-electron chi connectivity index (χ4n) is 5.60. The monoisotopic (exact) mass is 523 g/mol. The lowest BCUT2D eigenvalue weighted by Crippen LogP contribution is -2.44. The highest BCUT2D eigenvalue weighted by atomic mass is 32.2. The van der Waals surface area contributed by atoms with E-state index in [-0.39, 0.29) is 17.8 Å². The molecule has 6 rings (SSSR count). The molecule has 3 aromatic carbocycles. The van der Waals surface area contributed by atoms with E-state index in [4.69, 9.17) is 4.99 Å². The fraction of sp³-hybridized carbons (Fsp3) is 0.250. The van der Waals surface area contributed by atoms with Crippen LogP contribution in [-0.4, -0.2) is 26.6 Å². The normalized spacial score (nSPS) is 22.2. The average molecular weight is 524 g/mol. The Morgan fingerprint density at radius 1 is 0.974 bits per heavy atom. The number of para-hydroxylation sites is 2. The Bertz CT molecular complexity index is 1520. The molecule has 0 radical (unpaired) electrons. The lowest BCUT2D eigenvalue weighted by molar-refractivity contribution is -0.124. The minimum absolute atomic E-state index is 0.0406. The van der Waals surface area contributed by atoms with Gasteiger partial charge in [0.25, 0.3) is 5.91 Å². The summed E-state index contributed by atoms with van der Waals surface area (Å²) in [6.07, 6.45) is 8.60. The second kappa shape index (κ2) is 10.6. The number of hydrogen-bond acceptors (Lipinski definition) is 3. The van der Waals surface area contributed by atoms with E-state index in [1.807, 2.05) is 65.6 Å². The van der Waals surface area contributed by atoms with Gasteiger partial charge in [-0.3, -0.25) is 9.69 Å². The molecule has 38 heavy (non-hydrogen) atoms. The molecule has 0 spiro atoms.